The number of benzene rings is 1. The van der Waals surface area contributed by atoms with E-state index >= 15 is 0 Å². The lowest BCUT2D eigenvalue weighted by atomic mass is 10.1. The van der Waals surface area contributed by atoms with Crippen molar-refractivity contribution in [2.24, 2.45) is 0 Å². The van der Waals surface area contributed by atoms with E-state index in [1.807, 2.05) is 0 Å². The van der Waals surface area contributed by atoms with E-state index in [2.05, 4.69) is 35.6 Å². The van der Waals surface area contributed by atoms with Crippen molar-refractivity contribution in [3.05, 3.63) is 60.3 Å². The van der Waals surface area contributed by atoms with Gasteiger partial charge in [0.25, 0.3) is 0 Å². The number of rotatable bonds is 7. The number of nitrogens with one attached hydrogen (secondary N) is 2. The Morgan fingerprint density at radius 1 is 1.03 bits per heavy atom. The van der Waals surface area contributed by atoms with Crippen molar-refractivity contribution in [1.29, 1.82) is 0 Å². The van der Waals surface area contributed by atoms with Crippen LogP contribution in [0.15, 0.2) is 49.2 Å². The van der Waals surface area contributed by atoms with Gasteiger partial charge in [-0.2, -0.15) is 23.1 Å². The third kappa shape index (κ3) is 4.69. The van der Waals surface area contributed by atoms with Gasteiger partial charge in [0.1, 0.15) is 12.1 Å². The number of hydrogen-bond donors (Lipinski definition) is 3. The molecule has 1 aromatic carbocycles. The zero-order valence-electron chi connectivity index (χ0n) is 16.0. The van der Waals surface area contributed by atoms with Crippen LogP contribution >= 0.6 is 0 Å². The lowest BCUT2D eigenvalue weighted by Crippen LogP contribution is -2.10. The third-order valence-electron chi connectivity index (χ3n) is 4.32. The minimum atomic E-state index is -4.39. The average molecular weight is 430 g/mol. The van der Waals surface area contributed by atoms with Crippen LogP contribution in [0.2, 0.25) is 0 Å². The molecule has 3 heterocycles. The highest BCUT2D eigenvalue weighted by Gasteiger charge is 2.29. The number of aromatic nitrogens is 6. The molecule has 0 aliphatic heterocycles. The van der Waals surface area contributed by atoms with Gasteiger partial charge in [0.2, 0.25) is 5.95 Å². The molecule has 0 atom stereocenters. The van der Waals surface area contributed by atoms with Crippen molar-refractivity contribution in [2.45, 2.75) is 12.7 Å². The maximum atomic E-state index is 12.8. The average Bonchev–Trinajstić information content (AvgIpc) is 3.15. The van der Waals surface area contributed by atoms with Crippen molar-refractivity contribution in [3.63, 3.8) is 0 Å². The second kappa shape index (κ2) is 8.52. The molecule has 160 valence electrons. The number of fused-ring (bicyclic) bond motifs is 1. The number of alkyl halides is 3. The Morgan fingerprint density at radius 3 is 2.52 bits per heavy atom. The van der Waals surface area contributed by atoms with Crippen LogP contribution in [0.3, 0.4) is 0 Å². The molecule has 0 saturated carbocycles. The fourth-order valence-electron chi connectivity index (χ4n) is 2.89. The summed E-state index contributed by atoms with van der Waals surface area (Å²) in [5.41, 5.74) is 0.877. The zero-order chi connectivity index (χ0) is 21.8. The van der Waals surface area contributed by atoms with E-state index in [0.717, 1.165) is 12.1 Å². The van der Waals surface area contributed by atoms with Gasteiger partial charge in [0.15, 0.2) is 17.0 Å². The molecule has 0 fully saturated rings. The van der Waals surface area contributed by atoms with E-state index in [1.54, 1.807) is 16.8 Å². The number of aliphatic hydroxyl groups excluding tert-OH is 1. The van der Waals surface area contributed by atoms with Crippen molar-refractivity contribution in [3.8, 4) is 0 Å². The molecule has 0 amide bonds. The normalized spacial score (nSPS) is 11.6. The zero-order valence-corrected chi connectivity index (χ0v) is 16.0. The Hall–Kier alpha value is -3.80. The highest BCUT2D eigenvalue weighted by Crippen LogP contribution is 2.29. The monoisotopic (exact) mass is 430 g/mol. The highest BCUT2D eigenvalue weighted by atomic mass is 19.4. The summed E-state index contributed by atoms with van der Waals surface area (Å²) in [6, 6.07) is 6.56. The summed E-state index contributed by atoms with van der Waals surface area (Å²) in [4.78, 5) is 21.1. The summed E-state index contributed by atoms with van der Waals surface area (Å²) in [7, 11) is 0. The van der Waals surface area contributed by atoms with Gasteiger partial charge in [0.05, 0.1) is 25.0 Å². The number of anilines is 3. The summed E-state index contributed by atoms with van der Waals surface area (Å²) < 4.78 is 40.1. The summed E-state index contributed by atoms with van der Waals surface area (Å²) in [5, 5.41) is 15.1. The van der Waals surface area contributed by atoms with Gasteiger partial charge in [0, 0.05) is 12.7 Å². The fraction of sp³-hybridized carbons (Fsp3) is 0.211. The first-order valence-corrected chi connectivity index (χ1v) is 9.21. The standard InChI is InChI=1S/C19H17F3N8O/c20-19(21,22)13-3-1-12(2-4-13)9-30-11-26-15-16(24-7-8-31)28-18(29-17(15)30)27-14-5-6-23-10-25-14/h1-6,10-11,31H,7-9H2,(H2,23,24,25,27,28,29). The predicted octanol–water partition coefficient (Wildman–Crippen LogP) is 2.83. The van der Waals surface area contributed by atoms with E-state index in [0.29, 0.717) is 28.4 Å². The second-order valence-corrected chi connectivity index (χ2v) is 6.51. The number of halogens is 3. The van der Waals surface area contributed by atoms with Crippen LogP contribution in [0, 0.1) is 0 Å². The molecular formula is C19H17F3N8O. The molecule has 0 bridgehead atoms. The molecule has 0 radical (unpaired) electrons. The maximum Gasteiger partial charge on any atom is 0.416 e. The molecule has 0 spiro atoms. The molecule has 3 aromatic heterocycles. The van der Waals surface area contributed by atoms with Crippen LogP contribution in [0.1, 0.15) is 11.1 Å². The first-order valence-electron chi connectivity index (χ1n) is 9.21. The molecular weight excluding hydrogens is 413 g/mol. The predicted molar refractivity (Wildman–Crippen MR) is 107 cm³/mol. The summed E-state index contributed by atoms with van der Waals surface area (Å²) in [5.74, 6) is 1.12. The quantitative estimate of drug-likeness (QED) is 0.410. The van der Waals surface area contributed by atoms with Crippen LogP contribution in [0.25, 0.3) is 11.2 Å². The van der Waals surface area contributed by atoms with Gasteiger partial charge < -0.3 is 20.3 Å². The maximum absolute atomic E-state index is 12.8. The molecule has 3 N–H and O–H groups in total. The molecule has 12 heteroatoms. The fourth-order valence-corrected chi connectivity index (χ4v) is 2.89. The minimum Gasteiger partial charge on any atom is -0.395 e. The molecule has 0 unspecified atom stereocenters. The molecule has 4 rings (SSSR count). The van der Waals surface area contributed by atoms with Crippen LogP contribution in [-0.4, -0.2) is 47.7 Å². The van der Waals surface area contributed by atoms with Gasteiger partial charge in [-0.3, -0.25) is 0 Å². The number of nitrogens with zero attached hydrogens (tertiary/aromatic N) is 6. The summed E-state index contributed by atoms with van der Waals surface area (Å²) in [6.45, 7) is 0.412. The molecule has 4 aromatic rings. The largest absolute Gasteiger partial charge is 0.416 e. The smallest absolute Gasteiger partial charge is 0.395 e. The highest BCUT2D eigenvalue weighted by molar-refractivity contribution is 5.84. The first kappa shape index (κ1) is 20.5. The lowest BCUT2D eigenvalue weighted by Gasteiger charge is -2.10. The van der Waals surface area contributed by atoms with E-state index < -0.39 is 11.7 Å². The molecule has 0 saturated heterocycles. The van der Waals surface area contributed by atoms with Crippen LogP contribution in [0.4, 0.5) is 30.8 Å². The topological polar surface area (TPSA) is 114 Å². The van der Waals surface area contributed by atoms with E-state index in [1.165, 1.54) is 24.8 Å². The Balaban J connectivity index is 1.68. The molecule has 0 aliphatic carbocycles. The SMILES string of the molecule is OCCNc1nc(Nc2ccncn2)nc2c1ncn2Cc1ccc(C(F)(F)F)cc1. The van der Waals surface area contributed by atoms with Gasteiger partial charge in [-0.15, -0.1) is 0 Å². The Bertz CT molecular complexity index is 1160. The summed E-state index contributed by atoms with van der Waals surface area (Å²) >= 11 is 0. The summed E-state index contributed by atoms with van der Waals surface area (Å²) in [6.07, 6.45) is 0.0895. The Morgan fingerprint density at radius 2 is 1.84 bits per heavy atom. The third-order valence-corrected chi connectivity index (χ3v) is 4.32. The first-order chi connectivity index (χ1) is 14.9. The van der Waals surface area contributed by atoms with Crippen LogP contribution in [0.5, 0.6) is 0 Å². The van der Waals surface area contributed by atoms with Crippen molar-refractivity contribution >= 4 is 28.7 Å². The molecule has 31 heavy (non-hydrogen) atoms. The van der Waals surface area contributed by atoms with Crippen molar-refractivity contribution < 1.29 is 18.3 Å². The Kier molecular flexibility index (Phi) is 5.62. The second-order valence-electron chi connectivity index (χ2n) is 6.51. The van der Waals surface area contributed by atoms with Crippen LogP contribution in [-0.2, 0) is 12.7 Å². The molecule has 9 nitrogen and oxygen atoms in total. The van der Waals surface area contributed by atoms with Gasteiger partial charge >= 0.3 is 6.18 Å². The van der Waals surface area contributed by atoms with Gasteiger partial charge in [-0.1, -0.05) is 12.1 Å². The molecule has 0 aliphatic rings. The van der Waals surface area contributed by atoms with Crippen LogP contribution < -0.4 is 10.6 Å². The number of hydrogen-bond acceptors (Lipinski definition) is 8. The lowest BCUT2D eigenvalue weighted by molar-refractivity contribution is -0.137. The van der Waals surface area contributed by atoms with E-state index in [-0.39, 0.29) is 25.6 Å². The van der Waals surface area contributed by atoms with E-state index in [4.69, 9.17) is 5.11 Å². The van der Waals surface area contributed by atoms with Gasteiger partial charge in [-0.25, -0.2) is 15.0 Å². The van der Waals surface area contributed by atoms with Crippen molar-refractivity contribution in [2.75, 3.05) is 23.8 Å². The van der Waals surface area contributed by atoms with E-state index in [9.17, 15) is 13.2 Å². The minimum absolute atomic E-state index is 0.105. The Labute approximate surface area is 174 Å². The number of imidazole rings is 1. The van der Waals surface area contributed by atoms with Gasteiger partial charge in [-0.05, 0) is 23.8 Å². The van der Waals surface area contributed by atoms with Crippen molar-refractivity contribution in [1.82, 2.24) is 29.5 Å². The number of aliphatic hydroxyl groups is 1.